The van der Waals surface area contributed by atoms with E-state index in [2.05, 4.69) is 170 Å². The van der Waals surface area contributed by atoms with Gasteiger partial charge in [0.25, 0.3) is 0 Å². The van der Waals surface area contributed by atoms with E-state index >= 15 is 0 Å². The Bertz CT molecular complexity index is 2700. The Hall–Kier alpha value is -6.07. The molecule has 4 aromatic heterocycles. The minimum Gasteiger partial charge on any atom is -0.309 e. The van der Waals surface area contributed by atoms with Gasteiger partial charge < -0.3 is 4.57 Å². The maximum absolute atomic E-state index is 5.25. The molecule has 0 amide bonds. The van der Waals surface area contributed by atoms with Crippen LogP contribution in [0.1, 0.15) is 0 Å². The number of aromatic nitrogens is 5. The number of rotatable bonds is 3. The van der Waals surface area contributed by atoms with Crippen molar-refractivity contribution < 1.29 is 0 Å². The predicted octanol–water partition coefficient (Wildman–Crippen LogP) is 9.47. The molecule has 0 fully saturated rings. The number of hydrogen-bond donors (Lipinski definition) is 0. The predicted molar refractivity (Wildman–Crippen MR) is 181 cm³/mol. The number of nitrogens with zero attached hydrogens (tertiary/aromatic N) is 5. The summed E-state index contributed by atoms with van der Waals surface area (Å²) in [7, 11) is 0. The second kappa shape index (κ2) is 8.72. The highest BCUT2D eigenvalue weighted by molar-refractivity contribution is 6.12. The normalized spacial score (nSPS) is 12.1. The highest BCUT2D eigenvalue weighted by Gasteiger charge is 2.25. The van der Waals surface area contributed by atoms with Gasteiger partial charge in [0.1, 0.15) is 5.52 Å². The van der Waals surface area contributed by atoms with Crippen LogP contribution in [-0.4, -0.2) is 23.1 Å². The van der Waals surface area contributed by atoms with Crippen molar-refractivity contribution in [3.63, 3.8) is 0 Å². The maximum atomic E-state index is 5.25. The fraction of sp³-hybridized carbons (Fsp3) is 0. The molecule has 0 aliphatic rings. The summed E-state index contributed by atoms with van der Waals surface area (Å²) in [6, 6.07) is 53.9. The summed E-state index contributed by atoms with van der Waals surface area (Å²) >= 11 is 0. The molecule has 0 atom stereocenters. The molecule has 0 N–H and O–H groups in total. The second-order valence-electron chi connectivity index (χ2n) is 11.3. The number of benzene rings is 6. The molecule has 0 aliphatic carbocycles. The summed E-state index contributed by atoms with van der Waals surface area (Å²) in [6.07, 6.45) is 0. The van der Waals surface area contributed by atoms with Crippen LogP contribution in [-0.2, 0) is 0 Å². The van der Waals surface area contributed by atoms with E-state index in [-0.39, 0.29) is 0 Å². The van der Waals surface area contributed by atoms with Crippen molar-refractivity contribution >= 4 is 60.7 Å². The Morgan fingerprint density at radius 2 is 0.955 bits per heavy atom. The first kappa shape index (κ1) is 23.5. The lowest BCUT2D eigenvalue weighted by Gasteiger charge is -2.10. The van der Waals surface area contributed by atoms with E-state index in [1.54, 1.807) is 0 Å². The van der Waals surface area contributed by atoms with Crippen LogP contribution in [0.2, 0.25) is 0 Å². The summed E-state index contributed by atoms with van der Waals surface area (Å²) in [6.45, 7) is 0. The van der Waals surface area contributed by atoms with Crippen LogP contribution < -0.4 is 0 Å². The highest BCUT2D eigenvalue weighted by atomic mass is 15.3. The van der Waals surface area contributed by atoms with Gasteiger partial charge in [0.15, 0.2) is 5.65 Å². The zero-order valence-electron chi connectivity index (χ0n) is 23.7. The molecule has 5 heteroatoms. The van der Waals surface area contributed by atoms with Crippen LogP contribution in [0.25, 0.3) is 77.7 Å². The number of para-hydroxylation sites is 6. The maximum Gasteiger partial charge on any atom is 0.221 e. The van der Waals surface area contributed by atoms with Gasteiger partial charge in [-0.15, -0.1) is 0 Å². The molecule has 4 heterocycles. The first-order chi connectivity index (χ1) is 21.9. The van der Waals surface area contributed by atoms with Crippen LogP contribution in [0.5, 0.6) is 0 Å². The van der Waals surface area contributed by atoms with E-state index < -0.39 is 0 Å². The number of hydrogen-bond acceptors (Lipinski definition) is 1. The molecule has 0 spiro atoms. The largest absolute Gasteiger partial charge is 0.309 e. The minimum absolute atomic E-state index is 0.897. The monoisotopic (exact) mass is 563 g/mol. The van der Waals surface area contributed by atoms with Gasteiger partial charge in [-0.25, -0.2) is 4.98 Å². The Balaban J connectivity index is 1.40. The van der Waals surface area contributed by atoms with E-state index in [4.69, 9.17) is 4.98 Å². The van der Waals surface area contributed by atoms with Crippen molar-refractivity contribution in [1.82, 2.24) is 23.1 Å². The SMILES string of the molecule is c1ccc(-n2c3ccccc3c3ccc(-n4c5c6ccccc6n(-c6ccccc6)c5n5c6ccccc6nc45)cc32)cc1. The molecule has 0 aliphatic heterocycles. The van der Waals surface area contributed by atoms with Crippen LogP contribution in [0.3, 0.4) is 0 Å². The topological polar surface area (TPSA) is 32.1 Å². The summed E-state index contributed by atoms with van der Waals surface area (Å²) < 4.78 is 9.43. The Morgan fingerprint density at radius 1 is 0.386 bits per heavy atom. The number of imidazole rings is 2. The molecule has 10 rings (SSSR count). The fourth-order valence-electron chi connectivity index (χ4n) is 7.14. The molecule has 44 heavy (non-hydrogen) atoms. The van der Waals surface area contributed by atoms with Gasteiger partial charge in [0.2, 0.25) is 5.78 Å². The molecule has 10 aromatic rings. The lowest BCUT2D eigenvalue weighted by Crippen LogP contribution is -1.98. The average Bonchev–Trinajstić information content (AvgIpc) is 3.80. The van der Waals surface area contributed by atoms with E-state index in [0.717, 1.165) is 56.1 Å². The smallest absolute Gasteiger partial charge is 0.221 e. The van der Waals surface area contributed by atoms with E-state index in [1.165, 1.54) is 21.7 Å². The standard InChI is InChI=1S/C39H25N5/c1-3-13-26(14-4-1)41-33-20-10-7-17-29(33)30-24-23-28(25-36(30)41)43-37-31-18-8-11-21-34(31)42(27-15-5-2-6-16-27)38(37)44-35-22-12-9-19-32(35)40-39(43)44/h1-25H. The third-order valence-electron chi connectivity index (χ3n) is 8.95. The summed E-state index contributed by atoms with van der Waals surface area (Å²) in [5.74, 6) is 0.897. The quantitative estimate of drug-likeness (QED) is 0.211. The number of fused-ring (bicyclic) bond motifs is 10. The van der Waals surface area contributed by atoms with E-state index in [9.17, 15) is 0 Å². The van der Waals surface area contributed by atoms with Gasteiger partial charge in [-0.3, -0.25) is 13.5 Å². The average molecular weight is 564 g/mol. The van der Waals surface area contributed by atoms with Crippen LogP contribution in [0.15, 0.2) is 152 Å². The van der Waals surface area contributed by atoms with Crippen molar-refractivity contribution in [2.75, 3.05) is 0 Å². The molecular weight excluding hydrogens is 538 g/mol. The molecule has 0 unspecified atom stereocenters. The van der Waals surface area contributed by atoms with Crippen molar-refractivity contribution in [3.8, 4) is 17.1 Å². The van der Waals surface area contributed by atoms with Gasteiger partial charge in [-0.2, -0.15) is 0 Å². The van der Waals surface area contributed by atoms with Crippen molar-refractivity contribution in [3.05, 3.63) is 152 Å². The Morgan fingerprint density at radius 3 is 1.70 bits per heavy atom. The van der Waals surface area contributed by atoms with Crippen LogP contribution in [0, 0.1) is 0 Å². The second-order valence-corrected chi connectivity index (χ2v) is 11.3. The van der Waals surface area contributed by atoms with Crippen molar-refractivity contribution in [1.29, 1.82) is 0 Å². The third kappa shape index (κ3) is 3.05. The van der Waals surface area contributed by atoms with E-state index in [1.807, 2.05) is 0 Å². The van der Waals surface area contributed by atoms with Crippen molar-refractivity contribution in [2.24, 2.45) is 0 Å². The summed E-state index contributed by atoms with van der Waals surface area (Å²) in [5.41, 5.74) is 11.2. The Kier molecular flexibility index (Phi) is 4.66. The zero-order valence-corrected chi connectivity index (χ0v) is 23.7. The van der Waals surface area contributed by atoms with Gasteiger partial charge in [0, 0.05) is 27.5 Å². The zero-order chi connectivity index (χ0) is 28.8. The molecule has 0 saturated carbocycles. The molecule has 5 nitrogen and oxygen atoms in total. The van der Waals surface area contributed by atoms with E-state index in [0.29, 0.717) is 0 Å². The van der Waals surface area contributed by atoms with Crippen LogP contribution >= 0.6 is 0 Å². The first-order valence-corrected chi connectivity index (χ1v) is 14.9. The van der Waals surface area contributed by atoms with Gasteiger partial charge in [-0.05, 0) is 60.7 Å². The molecule has 206 valence electrons. The molecule has 0 bridgehead atoms. The summed E-state index contributed by atoms with van der Waals surface area (Å²) in [5, 5.41) is 3.66. The van der Waals surface area contributed by atoms with Crippen LogP contribution in [0.4, 0.5) is 0 Å². The molecular formula is C39H25N5. The minimum atomic E-state index is 0.897. The highest BCUT2D eigenvalue weighted by Crippen LogP contribution is 2.40. The summed E-state index contributed by atoms with van der Waals surface area (Å²) in [4.78, 5) is 5.25. The Labute approximate surface area is 252 Å². The molecule has 6 aromatic carbocycles. The lowest BCUT2D eigenvalue weighted by molar-refractivity contribution is 1.09. The lowest BCUT2D eigenvalue weighted by atomic mass is 10.1. The fourth-order valence-corrected chi connectivity index (χ4v) is 7.14. The van der Waals surface area contributed by atoms with Gasteiger partial charge in [0.05, 0.1) is 33.3 Å². The molecule has 0 radical (unpaired) electrons. The third-order valence-corrected chi connectivity index (χ3v) is 8.95. The van der Waals surface area contributed by atoms with Crippen molar-refractivity contribution in [2.45, 2.75) is 0 Å². The molecule has 0 saturated heterocycles. The van der Waals surface area contributed by atoms with Gasteiger partial charge in [-0.1, -0.05) is 91.0 Å². The first-order valence-electron chi connectivity index (χ1n) is 14.9. The van der Waals surface area contributed by atoms with Gasteiger partial charge >= 0.3 is 0 Å².